The van der Waals surface area contributed by atoms with E-state index in [9.17, 15) is 35.1 Å². The Kier molecular flexibility index (Phi) is 7.05. The fourth-order valence-corrected chi connectivity index (χ4v) is 6.10. The smallest absolute Gasteiger partial charge is 0.198 e. The zero-order chi connectivity index (χ0) is 40.1. The number of fused-ring (bicyclic) bond motifs is 20. The summed E-state index contributed by atoms with van der Waals surface area (Å²) >= 11 is 0. The Hall–Kier alpha value is -6.88. The quantitative estimate of drug-likeness (QED) is 0.0857. The predicted octanol–water partition coefficient (Wildman–Crippen LogP) is 8.35. The van der Waals surface area contributed by atoms with Gasteiger partial charge in [-0.1, -0.05) is 0 Å². The maximum Gasteiger partial charge on any atom is 0.198 e. The van der Waals surface area contributed by atoms with E-state index in [0.29, 0.717) is 0 Å². The first kappa shape index (κ1) is 34.9. The van der Waals surface area contributed by atoms with Gasteiger partial charge in [-0.2, -0.15) is 0 Å². The Labute approximate surface area is 293 Å². The van der Waals surface area contributed by atoms with Gasteiger partial charge in [0, 0.05) is 44.1 Å². The first-order valence-electron chi connectivity index (χ1n) is 14.6. The van der Waals surface area contributed by atoms with Crippen molar-refractivity contribution in [3.63, 3.8) is 0 Å². The van der Waals surface area contributed by atoms with Crippen LogP contribution in [0.3, 0.4) is 0 Å². The number of hydrogen-bond acceptors (Lipinski definition) is 6. The van der Waals surface area contributed by atoms with Crippen LogP contribution in [0, 0.1) is 93.1 Å². The lowest BCUT2D eigenvalue weighted by Gasteiger charge is -2.07. The van der Waals surface area contributed by atoms with E-state index in [1.165, 1.54) is 0 Å². The highest BCUT2D eigenvalue weighted by atomic mass is 19.2. The molecule has 8 nitrogen and oxygen atoms in total. The number of halogens is 16. The van der Waals surface area contributed by atoms with Crippen LogP contribution in [0.25, 0.3) is 89.7 Å². The predicted molar refractivity (Wildman–Crippen MR) is 153 cm³/mol. The third-order valence-electron chi connectivity index (χ3n) is 8.55. The van der Waals surface area contributed by atoms with E-state index in [4.69, 9.17) is 0 Å². The molecule has 5 heterocycles. The monoisotopic (exact) mass is 800 g/mol. The van der Waals surface area contributed by atoms with E-state index in [2.05, 4.69) is 39.9 Å². The van der Waals surface area contributed by atoms with Gasteiger partial charge in [0.1, 0.15) is 0 Å². The van der Waals surface area contributed by atoms with Gasteiger partial charge >= 0.3 is 0 Å². The second-order valence-corrected chi connectivity index (χ2v) is 11.5. The molecule has 4 aromatic carbocycles. The van der Waals surface area contributed by atoms with Gasteiger partial charge in [0.2, 0.25) is 0 Å². The van der Waals surface area contributed by atoms with Gasteiger partial charge in [0.15, 0.2) is 93.1 Å². The van der Waals surface area contributed by atoms with Crippen LogP contribution >= 0.6 is 0 Å². The highest BCUT2D eigenvalue weighted by molar-refractivity contribution is 6.07. The Morgan fingerprint density at radius 1 is 0.214 bits per heavy atom. The number of hydrogen-bond donors (Lipinski definition) is 0. The molecule has 24 heteroatoms. The summed E-state index contributed by atoms with van der Waals surface area (Å²) in [5.41, 5.74) is -11.8. The van der Waals surface area contributed by atoms with Gasteiger partial charge in [-0.15, -0.1) is 0 Å². The van der Waals surface area contributed by atoms with Crippen LogP contribution in [0.15, 0.2) is 0 Å². The van der Waals surface area contributed by atoms with E-state index in [-0.39, 0.29) is 0 Å². The first-order chi connectivity index (χ1) is 26.4. The Balaban J connectivity index is 1.61. The van der Waals surface area contributed by atoms with E-state index < -0.39 is 183 Å². The molecule has 0 spiro atoms. The summed E-state index contributed by atoms with van der Waals surface area (Å²) in [5, 5.41) is -6.07. The molecule has 2 aliphatic rings. The van der Waals surface area contributed by atoms with Crippen LogP contribution in [0.1, 0.15) is 0 Å². The second kappa shape index (κ2) is 11.3. The standard InChI is InChI=1S/C32F16N8/c33-9-1-2(10(34)18(42)17(9)41)26-49-25(1)53-27-3-4(12(36)20(44)19(43)11(3)35)29(50-27)55-31-7-8(16(40)24(48)23(47)15(7)39)32(52-31)56-30-6-5(28(51-30)54-26)13(37)21(45)22(46)14(6)38/q-2. The van der Waals surface area contributed by atoms with Crippen LogP contribution in [0.2, 0.25) is 0 Å². The summed E-state index contributed by atoms with van der Waals surface area (Å²) < 4.78 is 240. The molecule has 0 atom stereocenters. The molecule has 7 aromatic rings. The average molecular weight is 800 g/mol. The van der Waals surface area contributed by atoms with Crippen molar-refractivity contribution < 1.29 is 70.2 Å². The van der Waals surface area contributed by atoms with Crippen molar-refractivity contribution >= 4 is 44.1 Å². The highest BCUT2D eigenvalue weighted by Gasteiger charge is 2.34. The zero-order valence-electron chi connectivity index (χ0n) is 25.6. The summed E-state index contributed by atoms with van der Waals surface area (Å²) in [6, 6.07) is 0. The van der Waals surface area contributed by atoms with Crippen molar-refractivity contribution in [3.05, 3.63) is 93.1 Å². The Morgan fingerprint density at radius 3 is 0.589 bits per heavy atom. The fourth-order valence-electron chi connectivity index (χ4n) is 6.10. The second-order valence-electron chi connectivity index (χ2n) is 11.5. The Bertz CT molecular complexity index is 2820. The van der Waals surface area contributed by atoms with E-state index in [1.54, 1.807) is 0 Å². The van der Waals surface area contributed by atoms with E-state index >= 15 is 35.1 Å². The summed E-state index contributed by atoms with van der Waals surface area (Å²) in [7, 11) is 0. The maximum atomic E-state index is 15.4. The number of nitrogens with zero attached hydrogens (tertiary/aromatic N) is 8. The van der Waals surface area contributed by atoms with Crippen molar-refractivity contribution in [1.29, 1.82) is 0 Å². The van der Waals surface area contributed by atoms with Gasteiger partial charge < -0.3 is 29.9 Å². The molecule has 0 fully saturated rings. The van der Waals surface area contributed by atoms with Crippen molar-refractivity contribution in [2.45, 2.75) is 0 Å². The minimum Gasteiger partial charge on any atom is -0.357 e. The number of aromatic nitrogens is 8. The molecule has 9 rings (SSSR count). The van der Waals surface area contributed by atoms with Gasteiger partial charge in [-0.3, -0.25) is 0 Å². The van der Waals surface area contributed by atoms with Crippen molar-refractivity contribution in [2.75, 3.05) is 0 Å². The third kappa shape index (κ3) is 4.27. The van der Waals surface area contributed by atoms with Crippen molar-refractivity contribution in [2.24, 2.45) is 0 Å². The zero-order valence-corrected chi connectivity index (χ0v) is 25.6. The molecule has 2 aliphatic heterocycles. The van der Waals surface area contributed by atoms with Gasteiger partial charge in [-0.05, 0) is 0 Å². The number of rotatable bonds is 0. The molecule has 56 heavy (non-hydrogen) atoms. The van der Waals surface area contributed by atoms with Crippen LogP contribution in [-0.4, -0.2) is 29.9 Å². The summed E-state index contributed by atoms with van der Waals surface area (Å²) in [4.78, 5) is 28.3. The molecular weight excluding hydrogens is 800 g/mol. The van der Waals surface area contributed by atoms with Crippen LogP contribution < -0.4 is 9.97 Å². The molecule has 282 valence electrons. The molecule has 0 aliphatic carbocycles. The summed E-state index contributed by atoms with van der Waals surface area (Å²) in [6.07, 6.45) is 0. The van der Waals surface area contributed by atoms with Crippen LogP contribution in [0.5, 0.6) is 0 Å². The van der Waals surface area contributed by atoms with Gasteiger partial charge in [0.25, 0.3) is 0 Å². The molecule has 0 unspecified atom stereocenters. The first-order valence-corrected chi connectivity index (χ1v) is 14.6. The van der Waals surface area contributed by atoms with Gasteiger partial charge in [-0.25, -0.2) is 80.2 Å². The van der Waals surface area contributed by atoms with Crippen LogP contribution in [-0.2, 0) is 0 Å². The molecule has 0 N–H and O–H groups in total. The topological polar surface area (TPSA) is 106 Å². The average Bonchev–Trinajstić information content (AvgIpc) is 3.92. The Morgan fingerprint density at radius 2 is 0.393 bits per heavy atom. The summed E-state index contributed by atoms with van der Waals surface area (Å²) in [6.45, 7) is 0. The van der Waals surface area contributed by atoms with Crippen molar-refractivity contribution in [1.82, 2.24) is 39.9 Å². The van der Waals surface area contributed by atoms with Crippen molar-refractivity contribution in [3.8, 4) is 45.6 Å². The summed E-state index contributed by atoms with van der Waals surface area (Å²) in [5.74, 6) is -44.8. The SMILES string of the molecule is Fc1c(F)c(F)c2c(c1F)-c1nc-2nc2[n-]c(nc3nc(nc4[n-]c(n1)c1c(F)c(F)c(F)c(F)c41)-c1c(F)c(F)c(F)c(F)c1-3)c1c(F)c(F)c(F)c(F)c21. The minimum absolute atomic E-state index is 1.42. The minimum atomic E-state index is -2.55. The van der Waals surface area contributed by atoms with Crippen LogP contribution in [0.4, 0.5) is 70.2 Å². The largest absolute Gasteiger partial charge is 0.357 e. The maximum absolute atomic E-state index is 15.4. The molecule has 0 amide bonds. The molecule has 0 radical (unpaired) electrons. The molecule has 8 bridgehead atoms. The lowest BCUT2D eigenvalue weighted by atomic mass is 10.1. The third-order valence-corrected chi connectivity index (χ3v) is 8.55. The molecule has 3 aromatic heterocycles. The molecule has 0 saturated heterocycles. The molecular formula is C32F16N8-2. The number of benzene rings is 4. The normalized spacial score (nSPS) is 12.3. The molecule has 0 saturated carbocycles. The van der Waals surface area contributed by atoms with E-state index in [0.717, 1.165) is 0 Å². The lowest BCUT2D eigenvalue weighted by Crippen LogP contribution is -2.01. The fraction of sp³-hybridized carbons (Fsp3) is 0. The lowest BCUT2D eigenvalue weighted by molar-refractivity contribution is 0.412. The van der Waals surface area contributed by atoms with Gasteiger partial charge in [0.05, 0.1) is 45.6 Å². The van der Waals surface area contributed by atoms with E-state index in [1.807, 2.05) is 0 Å². The highest BCUT2D eigenvalue weighted by Crippen LogP contribution is 2.44.